The summed E-state index contributed by atoms with van der Waals surface area (Å²) in [5.41, 5.74) is -0.357. The zero-order valence-electron chi connectivity index (χ0n) is 21.8. The number of aromatic carboxylic acids is 2. The quantitative estimate of drug-likeness (QED) is 0.219. The summed E-state index contributed by atoms with van der Waals surface area (Å²) in [7, 11) is -1.71. The number of nitrogens with one attached hydrogen (secondary N) is 2. The molecule has 220 valence electrons. The lowest BCUT2D eigenvalue weighted by Crippen LogP contribution is -2.60. The highest BCUT2D eigenvalue weighted by molar-refractivity contribution is 6.47. The number of carbonyl (C=O) groups is 6. The number of nitrogens with zero attached hydrogens (tertiary/aromatic N) is 2. The Balaban J connectivity index is 1.65. The summed E-state index contributed by atoms with van der Waals surface area (Å²) >= 11 is 12.6. The summed E-state index contributed by atoms with van der Waals surface area (Å²) in [4.78, 5) is 76.6. The molecular weight excluding hydrogens is 598 g/mol. The van der Waals surface area contributed by atoms with Crippen molar-refractivity contribution in [3.05, 3.63) is 62.6 Å². The lowest BCUT2D eigenvalue weighted by Gasteiger charge is -2.33. The van der Waals surface area contributed by atoms with Gasteiger partial charge in [0.1, 0.15) is 11.8 Å². The van der Waals surface area contributed by atoms with E-state index in [9.17, 15) is 44.0 Å². The van der Waals surface area contributed by atoms with Crippen molar-refractivity contribution in [2.45, 2.75) is 25.3 Å². The first-order valence-corrected chi connectivity index (χ1v) is 13.2. The smallest absolute Gasteiger partial charge is 0.534 e. The van der Waals surface area contributed by atoms with Crippen molar-refractivity contribution in [2.75, 3.05) is 19.6 Å². The number of para-hydroxylation sites is 1. The normalized spacial score (nSPS) is 17.2. The van der Waals surface area contributed by atoms with Crippen molar-refractivity contribution in [1.29, 1.82) is 0 Å². The molecular formula is C25H23BCl2N4O10. The van der Waals surface area contributed by atoms with Gasteiger partial charge in [-0.25, -0.2) is 14.4 Å². The van der Waals surface area contributed by atoms with E-state index < -0.39 is 54.8 Å². The second-order valence-electron chi connectivity index (χ2n) is 9.31. The van der Waals surface area contributed by atoms with Crippen molar-refractivity contribution in [2.24, 2.45) is 0 Å². The van der Waals surface area contributed by atoms with Crippen LogP contribution in [-0.4, -0.2) is 93.4 Å². The fraction of sp³-hybridized carbons (Fsp3) is 0.280. The maximum atomic E-state index is 13.6. The number of fused-ring (bicyclic) bond motifs is 1. The van der Waals surface area contributed by atoms with Gasteiger partial charge in [0.2, 0.25) is 5.91 Å². The molecule has 42 heavy (non-hydrogen) atoms. The number of halogens is 2. The van der Waals surface area contributed by atoms with Crippen molar-refractivity contribution in [3.63, 3.8) is 0 Å². The number of benzene rings is 2. The third kappa shape index (κ3) is 5.98. The molecule has 2 aromatic rings. The van der Waals surface area contributed by atoms with Crippen LogP contribution in [0.3, 0.4) is 0 Å². The second-order valence-corrected chi connectivity index (χ2v) is 10.1. The lowest BCUT2D eigenvalue weighted by atomic mass is 9.72. The van der Waals surface area contributed by atoms with Gasteiger partial charge in [-0.05, 0) is 37.1 Å². The van der Waals surface area contributed by atoms with E-state index in [1.807, 2.05) is 0 Å². The average Bonchev–Trinajstić information content (AvgIpc) is 2.93. The van der Waals surface area contributed by atoms with Crippen LogP contribution in [-0.2, 0) is 20.8 Å². The number of carboxylic acids is 2. The standard InChI is InChI=1S/C25H23BCl2N4O10/c1-2-31-6-7-32(22(35)21(31)34)25(40)30-18(17-14(27)8-12(23(36)37)9-15(17)28)20(33)29-16-10-11-4-3-5-13(24(38)39)19(11)42-26(16)41/h3-5,8-9,16,18,41H,2,6-7,10H2,1H3,(H,29,33)(H,30,40)(H,36,37)(H,38,39)/t16-,18?/m0/s1. The molecule has 0 bridgehead atoms. The molecule has 17 heteroatoms. The second kappa shape index (κ2) is 12.3. The van der Waals surface area contributed by atoms with Gasteiger partial charge in [0, 0.05) is 35.2 Å². The minimum atomic E-state index is -1.74. The Morgan fingerprint density at radius 3 is 2.33 bits per heavy atom. The van der Waals surface area contributed by atoms with Gasteiger partial charge in [-0.1, -0.05) is 35.3 Å². The largest absolute Gasteiger partial charge is 0.547 e. The summed E-state index contributed by atoms with van der Waals surface area (Å²) in [6.07, 6.45) is -0.0740. The van der Waals surface area contributed by atoms with Gasteiger partial charge in [0.25, 0.3) is 0 Å². The topological polar surface area (TPSA) is 203 Å². The SMILES string of the molecule is CCN1CCN(C(=O)NC(C(=O)N[C@H]2Cc3cccc(C(=O)O)c3OB2O)c2c(Cl)cc(C(=O)O)cc2Cl)C(=O)C1=O. The van der Waals surface area contributed by atoms with Crippen LogP contribution in [0.1, 0.15) is 44.8 Å². The molecule has 1 fully saturated rings. The highest BCUT2D eigenvalue weighted by atomic mass is 35.5. The fourth-order valence-electron chi connectivity index (χ4n) is 4.61. The summed E-state index contributed by atoms with van der Waals surface area (Å²) < 4.78 is 5.40. The van der Waals surface area contributed by atoms with E-state index in [4.69, 9.17) is 27.9 Å². The van der Waals surface area contributed by atoms with Crippen LogP contribution >= 0.6 is 23.2 Å². The van der Waals surface area contributed by atoms with Crippen LogP contribution in [0.15, 0.2) is 30.3 Å². The van der Waals surface area contributed by atoms with Crippen molar-refractivity contribution < 1.29 is 48.7 Å². The fourth-order valence-corrected chi connectivity index (χ4v) is 5.31. The number of imide groups is 1. The van der Waals surface area contributed by atoms with E-state index in [1.54, 1.807) is 13.0 Å². The Hall–Kier alpha value is -4.34. The molecule has 1 saturated heterocycles. The van der Waals surface area contributed by atoms with E-state index in [0.717, 1.165) is 12.1 Å². The zero-order valence-corrected chi connectivity index (χ0v) is 23.3. The number of carbonyl (C=O) groups excluding carboxylic acids is 4. The number of likely N-dealkylation sites (N-methyl/N-ethyl adjacent to an activating group) is 1. The van der Waals surface area contributed by atoms with Crippen molar-refractivity contribution >= 4 is 66.0 Å². The van der Waals surface area contributed by atoms with Gasteiger partial charge in [-0.3, -0.25) is 19.3 Å². The molecule has 0 aliphatic carbocycles. The van der Waals surface area contributed by atoms with Crippen LogP contribution in [0.5, 0.6) is 5.75 Å². The summed E-state index contributed by atoms with van der Waals surface area (Å²) in [6.45, 7) is 1.80. The first-order valence-electron chi connectivity index (χ1n) is 12.5. The maximum absolute atomic E-state index is 13.6. The van der Waals surface area contributed by atoms with Crippen LogP contribution < -0.4 is 15.3 Å². The van der Waals surface area contributed by atoms with Gasteiger partial charge < -0.3 is 35.4 Å². The molecule has 14 nitrogen and oxygen atoms in total. The van der Waals surface area contributed by atoms with Crippen LogP contribution in [0.4, 0.5) is 4.79 Å². The Kier molecular flexibility index (Phi) is 8.94. The average molecular weight is 621 g/mol. The molecule has 2 aliphatic heterocycles. The third-order valence-corrected chi connectivity index (χ3v) is 7.38. The van der Waals surface area contributed by atoms with Crippen LogP contribution in [0.2, 0.25) is 10.0 Å². The molecule has 2 atom stereocenters. The summed E-state index contributed by atoms with van der Waals surface area (Å²) in [6, 6.07) is 3.44. The van der Waals surface area contributed by atoms with E-state index in [1.165, 1.54) is 17.0 Å². The minimum absolute atomic E-state index is 0.0591. The zero-order chi connectivity index (χ0) is 30.9. The number of rotatable bonds is 7. The number of carboxylic acid groups (broad SMARTS) is 2. The molecule has 5 amide bonds. The predicted molar refractivity (Wildman–Crippen MR) is 146 cm³/mol. The lowest BCUT2D eigenvalue weighted by molar-refractivity contribution is -0.153. The minimum Gasteiger partial charge on any atom is -0.534 e. The Bertz CT molecular complexity index is 1480. The third-order valence-electron chi connectivity index (χ3n) is 6.76. The maximum Gasteiger partial charge on any atom is 0.547 e. The van der Waals surface area contributed by atoms with Crippen molar-refractivity contribution in [1.82, 2.24) is 20.4 Å². The number of hydrogen-bond donors (Lipinski definition) is 5. The first-order chi connectivity index (χ1) is 19.8. The number of urea groups is 1. The van der Waals surface area contributed by atoms with E-state index in [-0.39, 0.29) is 58.5 Å². The van der Waals surface area contributed by atoms with E-state index in [2.05, 4.69) is 10.6 Å². The van der Waals surface area contributed by atoms with Gasteiger partial charge >= 0.3 is 36.9 Å². The Labute approximate surface area is 248 Å². The Morgan fingerprint density at radius 2 is 1.74 bits per heavy atom. The van der Waals surface area contributed by atoms with Crippen molar-refractivity contribution in [3.8, 4) is 5.75 Å². The molecule has 2 heterocycles. The van der Waals surface area contributed by atoms with E-state index >= 15 is 0 Å². The highest BCUT2D eigenvalue weighted by Crippen LogP contribution is 2.34. The number of piperazine rings is 1. The predicted octanol–water partition coefficient (Wildman–Crippen LogP) is 0.971. The molecule has 0 spiro atoms. The van der Waals surface area contributed by atoms with Crippen LogP contribution in [0, 0.1) is 0 Å². The number of hydrogen-bond acceptors (Lipinski definition) is 8. The molecule has 0 radical (unpaired) electrons. The molecule has 2 aromatic carbocycles. The van der Waals surface area contributed by atoms with Gasteiger partial charge in [0.15, 0.2) is 0 Å². The summed E-state index contributed by atoms with van der Waals surface area (Å²) in [5.74, 6) is -6.91. The first kappa shape index (κ1) is 30.6. The van der Waals surface area contributed by atoms with Gasteiger partial charge in [-0.15, -0.1) is 0 Å². The molecule has 0 saturated carbocycles. The Morgan fingerprint density at radius 1 is 1.07 bits per heavy atom. The summed E-state index contributed by atoms with van der Waals surface area (Å²) in [5, 5.41) is 33.6. The van der Waals surface area contributed by atoms with Gasteiger partial charge in [-0.2, -0.15) is 0 Å². The van der Waals surface area contributed by atoms with E-state index in [0.29, 0.717) is 10.5 Å². The monoisotopic (exact) mass is 620 g/mol. The van der Waals surface area contributed by atoms with Crippen LogP contribution in [0.25, 0.3) is 0 Å². The molecule has 1 unspecified atom stereocenters. The molecule has 5 N–H and O–H groups in total. The van der Waals surface area contributed by atoms with Gasteiger partial charge in [0.05, 0.1) is 17.1 Å². The molecule has 0 aromatic heterocycles. The number of amides is 5. The highest BCUT2D eigenvalue weighted by Gasteiger charge is 2.41. The molecule has 2 aliphatic rings. The molecule has 4 rings (SSSR count).